The van der Waals surface area contributed by atoms with Crippen molar-refractivity contribution in [2.45, 2.75) is 16.2 Å². The van der Waals surface area contributed by atoms with Crippen LogP contribution in [0.2, 0.25) is 0 Å². The molecule has 0 heterocycles. The summed E-state index contributed by atoms with van der Waals surface area (Å²) in [6.45, 7) is 0. The van der Waals surface area contributed by atoms with Crippen LogP contribution in [0.25, 0.3) is 11.1 Å². The van der Waals surface area contributed by atoms with Crippen LogP contribution in [0.3, 0.4) is 0 Å². The molecule has 0 aliphatic heterocycles. The normalized spacial score (nSPS) is 10.6. The maximum Gasteiger partial charge on any atom is 0.0122 e. The first kappa shape index (κ1) is 16.7. The highest BCUT2D eigenvalue weighted by Gasteiger charge is 2.01. The second kappa shape index (κ2) is 8.07. The van der Waals surface area contributed by atoms with E-state index < -0.39 is 0 Å². The molecule has 0 saturated heterocycles. The Morgan fingerprint density at radius 1 is 0.423 bits per heavy atom. The minimum absolute atomic E-state index is 0.980. The summed E-state index contributed by atoms with van der Waals surface area (Å²) in [6.07, 6.45) is 0.980. The Bertz CT molecular complexity index is 857. The van der Waals surface area contributed by atoms with Crippen molar-refractivity contribution in [2.24, 2.45) is 0 Å². The monoisotopic (exact) mass is 352 g/mol. The van der Waals surface area contributed by atoms with Crippen molar-refractivity contribution >= 4 is 11.8 Å². The fraction of sp³-hybridized carbons (Fsp3) is 0.0400. The van der Waals surface area contributed by atoms with E-state index in [-0.39, 0.29) is 0 Å². The van der Waals surface area contributed by atoms with Crippen LogP contribution in [0.4, 0.5) is 0 Å². The first-order valence-electron chi connectivity index (χ1n) is 8.83. The first-order chi connectivity index (χ1) is 12.9. The Balaban J connectivity index is 1.45. The van der Waals surface area contributed by atoms with Gasteiger partial charge in [-0.15, -0.1) is 0 Å². The van der Waals surface area contributed by atoms with Crippen LogP contribution in [0.15, 0.2) is 119 Å². The fourth-order valence-electron chi connectivity index (χ4n) is 2.99. The quantitative estimate of drug-likeness (QED) is 0.369. The van der Waals surface area contributed by atoms with Gasteiger partial charge in [-0.05, 0) is 52.9 Å². The molecule has 0 saturated carbocycles. The van der Waals surface area contributed by atoms with E-state index in [1.807, 2.05) is 0 Å². The van der Waals surface area contributed by atoms with E-state index in [2.05, 4.69) is 109 Å². The minimum Gasteiger partial charge on any atom is -0.0901 e. The summed E-state index contributed by atoms with van der Waals surface area (Å²) < 4.78 is 0. The molecule has 0 aliphatic carbocycles. The lowest BCUT2D eigenvalue weighted by Gasteiger charge is -2.07. The SMILES string of the molecule is c1ccc(Cc2ccc(-c3ccc(Sc4ccccc4)cc3)cc2)cc1. The van der Waals surface area contributed by atoms with E-state index in [4.69, 9.17) is 0 Å². The standard InChI is InChI=1S/C25H20S/c1-3-7-20(8-4-1)19-21-11-13-22(14-12-21)23-15-17-25(18-16-23)26-24-9-5-2-6-10-24/h1-18H,19H2. The van der Waals surface area contributed by atoms with Gasteiger partial charge in [0.1, 0.15) is 0 Å². The molecule has 0 aromatic heterocycles. The number of rotatable bonds is 5. The summed E-state index contributed by atoms with van der Waals surface area (Å²) in [5, 5.41) is 0. The Labute approximate surface area is 159 Å². The lowest BCUT2D eigenvalue weighted by Crippen LogP contribution is -1.87. The third kappa shape index (κ3) is 4.25. The molecule has 0 amide bonds. The van der Waals surface area contributed by atoms with Crippen molar-refractivity contribution in [3.05, 3.63) is 120 Å². The van der Waals surface area contributed by atoms with E-state index in [9.17, 15) is 0 Å². The van der Waals surface area contributed by atoms with E-state index in [0.717, 1.165) is 6.42 Å². The van der Waals surface area contributed by atoms with Crippen molar-refractivity contribution in [1.29, 1.82) is 0 Å². The molecule has 0 nitrogen and oxygen atoms in total. The second-order valence-electron chi connectivity index (χ2n) is 6.30. The van der Waals surface area contributed by atoms with Crippen LogP contribution in [-0.2, 0) is 6.42 Å². The molecule has 1 heteroatoms. The number of hydrogen-bond acceptors (Lipinski definition) is 1. The first-order valence-corrected chi connectivity index (χ1v) is 9.65. The van der Waals surface area contributed by atoms with Gasteiger partial charge in [0.2, 0.25) is 0 Å². The van der Waals surface area contributed by atoms with Gasteiger partial charge in [0, 0.05) is 9.79 Å². The zero-order chi connectivity index (χ0) is 17.6. The molecule has 0 fully saturated rings. The van der Waals surface area contributed by atoms with Crippen LogP contribution in [0.1, 0.15) is 11.1 Å². The van der Waals surface area contributed by atoms with Crippen LogP contribution >= 0.6 is 11.8 Å². The van der Waals surface area contributed by atoms with Gasteiger partial charge in [-0.3, -0.25) is 0 Å². The number of hydrogen-bond donors (Lipinski definition) is 0. The predicted octanol–water partition coefficient (Wildman–Crippen LogP) is 7.10. The minimum atomic E-state index is 0.980. The molecule has 4 aromatic carbocycles. The molecule has 0 N–H and O–H groups in total. The molecule has 4 aromatic rings. The van der Waals surface area contributed by atoms with E-state index in [1.54, 1.807) is 11.8 Å². The molecule has 0 spiro atoms. The lowest BCUT2D eigenvalue weighted by molar-refractivity contribution is 1.19. The van der Waals surface area contributed by atoms with Crippen molar-refractivity contribution in [1.82, 2.24) is 0 Å². The molecular formula is C25H20S. The average Bonchev–Trinajstić information content (AvgIpc) is 2.71. The zero-order valence-corrected chi connectivity index (χ0v) is 15.3. The second-order valence-corrected chi connectivity index (χ2v) is 7.45. The van der Waals surface area contributed by atoms with Gasteiger partial charge in [-0.2, -0.15) is 0 Å². The topological polar surface area (TPSA) is 0 Å². The van der Waals surface area contributed by atoms with Gasteiger partial charge in [0.15, 0.2) is 0 Å². The Morgan fingerprint density at radius 3 is 1.50 bits per heavy atom. The molecule has 4 rings (SSSR count). The Morgan fingerprint density at radius 2 is 0.885 bits per heavy atom. The van der Waals surface area contributed by atoms with E-state index >= 15 is 0 Å². The highest BCUT2D eigenvalue weighted by atomic mass is 32.2. The predicted molar refractivity (Wildman–Crippen MR) is 112 cm³/mol. The van der Waals surface area contributed by atoms with Gasteiger partial charge >= 0.3 is 0 Å². The van der Waals surface area contributed by atoms with Crippen molar-refractivity contribution in [3.63, 3.8) is 0 Å². The van der Waals surface area contributed by atoms with Crippen LogP contribution < -0.4 is 0 Å². The lowest BCUT2D eigenvalue weighted by atomic mass is 10.0. The summed E-state index contributed by atoms with van der Waals surface area (Å²) >= 11 is 1.80. The Hall–Kier alpha value is -2.77. The maximum atomic E-state index is 2.23. The van der Waals surface area contributed by atoms with Gasteiger partial charge in [0.25, 0.3) is 0 Å². The zero-order valence-electron chi connectivity index (χ0n) is 14.5. The molecule has 26 heavy (non-hydrogen) atoms. The van der Waals surface area contributed by atoms with Crippen molar-refractivity contribution < 1.29 is 0 Å². The summed E-state index contributed by atoms with van der Waals surface area (Å²) in [4.78, 5) is 2.53. The maximum absolute atomic E-state index is 2.23. The van der Waals surface area contributed by atoms with Gasteiger partial charge in [-0.25, -0.2) is 0 Å². The van der Waals surface area contributed by atoms with Crippen LogP contribution in [-0.4, -0.2) is 0 Å². The van der Waals surface area contributed by atoms with Gasteiger partial charge < -0.3 is 0 Å². The molecular weight excluding hydrogens is 332 g/mol. The molecule has 0 unspecified atom stereocenters. The molecule has 0 bridgehead atoms. The van der Waals surface area contributed by atoms with E-state index in [1.165, 1.54) is 32.0 Å². The summed E-state index contributed by atoms with van der Waals surface area (Å²) in [5.74, 6) is 0. The third-order valence-electron chi connectivity index (χ3n) is 4.37. The molecule has 0 aliphatic rings. The average molecular weight is 353 g/mol. The summed E-state index contributed by atoms with van der Waals surface area (Å²) in [7, 11) is 0. The highest BCUT2D eigenvalue weighted by molar-refractivity contribution is 7.99. The third-order valence-corrected chi connectivity index (χ3v) is 5.39. The largest absolute Gasteiger partial charge is 0.0901 e. The van der Waals surface area contributed by atoms with Crippen LogP contribution in [0, 0.1) is 0 Å². The van der Waals surface area contributed by atoms with Gasteiger partial charge in [-0.1, -0.05) is 96.7 Å². The highest BCUT2D eigenvalue weighted by Crippen LogP contribution is 2.29. The molecule has 0 radical (unpaired) electrons. The molecule has 0 atom stereocenters. The smallest absolute Gasteiger partial charge is 0.0122 e. The van der Waals surface area contributed by atoms with Crippen LogP contribution in [0.5, 0.6) is 0 Å². The Kier molecular flexibility index (Phi) is 5.18. The van der Waals surface area contributed by atoms with Crippen molar-refractivity contribution in [2.75, 3.05) is 0 Å². The van der Waals surface area contributed by atoms with E-state index in [0.29, 0.717) is 0 Å². The van der Waals surface area contributed by atoms with Crippen molar-refractivity contribution in [3.8, 4) is 11.1 Å². The molecule has 126 valence electrons. The summed E-state index contributed by atoms with van der Waals surface area (Å²) in [6, 6.07) is 38.8. The summed E-state index contributed by atoms with van der Waals surface area (Å²) in [5.41, 5.74) is 5.21. The number of benzene rings is 4. The van der Waals surface area contributed by atoms with Gasteiger partial charge in [0.05, 0.1) is 0 Å². The fourth-order valence-corrected chi connectivity index (χ4v) is 3.82.